The van der Waals surface area contributed by atoms with Gasteiger partial charge >= 0.3 is 0 Å². The number of rotatable bonds is 4. The molecule has 108 valence electrons. The maximum atomic E-state index is 8.79. The molecule has 0 saturated heterocycles. The molecule has 0 aliphatic heterocycles. The summed E-state index contributed by atoms with van der Waals surface area (Å²) in [6.07, 6.45) is 2.67. The second-order valence-electron chi connectivity index (χ2n) is 4.22. The van der Waals surface area contributed by atoms with E-state index in [-0.39, 0.29) is 11.6 Å². The zero-order chi connectivity index (χ0) is 15.4. The molecule has 2 heterocycles. The fraction of sp³-hybridized carbons (Fsp3) is 0. The van der Waals surface area contributed by atoms with Gasteiger partial charge in [-0.2, -0.15) is 10.4 Å². The zero-order valence-corrected chi connectivity index (χ0v) is 12.7. The van der Waals surface area contributed by atoms with Crippen molar-refractivity contribution in [2.75, 3.05) is 5.43 Å². The first-order valence-corrected chi connectivity index (χ1v) is 7.04. The Hall–Kier alpha value is -2.85. The van der Waals surface area contributed by atoms with E-state index < -0.39 is 0 Å². The van der Waals surface area contributed by atoms with Crippen molar-refractivity contribution in [3.8, 4) is 17.4 Å². The SMILES string of the molecule is N#Cc1ncoc1N/N=C/c1ccc(-c2cccc(Br)c2)o1. The highest BCUT2D eigenvalue weighted by atomic mass is 79.9. The van der Waals surface area contributed by atoms with Gasteiger partial charge in [-0.25, -0.2) is 10.4 Å². The van der Waals surface area contributed by atoms with Gasteiger partial charge in [-0.15, -0.1) is 0 Å². The normalized spacial score (nSPS) is 10.7. The van der Waals surface area contributed by atoms with Crippen LogP contribution in [0.3, 0.4) is 0 Å². The summed E-state index contributed by atoms with van der Waals surface area (Å²) in [5.74, 6) is 1.50. The largest absolute Gasteiger partial charge is 0.455 e. The molecule has 0 saturated carbocycles. The van der Waals surface area contributed by atoms with E-state index in [1.807, 2.05) is 36.4 Å². The second-order valence-corrected chi connectivity index (χ2v) is 5.14. The molecule has 2 aromatic heterocycles. The molecule has 0 spiro atoms. The van der Waals surface area contributed by atoms with Gasteiger partial charge in [-0.1, -0.05) is 28.1 Å². The fourth-order valence-corrected chi connectivity index (χ4v) is 2.18. The molecule has 0 atom stereocenters. The Labute approximate surface area is 134 Å². The highest BCUT2D eigenvalue weighted by Gasteiger charge is 2.06. The van der Waals surface area contributed by atoms with Gasteiger partial charge in [0, 0.05) is 10.0 Å². The van der Waals surface area contributed by atoms with E-state index in [1.165, 1.54) is 12.6 Å². The Morgan fingerprint density at radius 1 is 1.32 bits per heavy atom. The quantitative estimate of drug-likeness (QED) is 0.563. The zero-order valence-electron chi connectivity index (χ0n) is 11.2. The third-order valence-electron chi connectivity index (χ3n) is 2.77. The van der Waals surface area contributed by atoms with Crippen molar-refractivity contribution >= 4 is 28.0 Å². The van der Waals surface area contributed by atoms with Gasteiger partial charge in [0.15, 0.2) is 6.39 Å². The van der Waals surface area contributed by atoms with Crippen LogP contribution in [0, 0.1) is 11.3 Å². The summed E-state index contributed by atoms with van der Waals surface area (Å²) in [4.78, 5) is 3.72. The highest BCUT2D eigenvalue weighted by Crippen LogP contribution is 2.24. The molecule has 0 radical (unpaired) electrons. The third-order valence-corrected chi connectivity index (χ3v) is 3.26. The van der Waals surface area contributed by atoms with E-state index in [2.05, 4.69) is 31.4 Å². The lowest BCUT2D eigenvalue weighted by atomic mass is 10.2. The van der Waals surface area contributed by atoms with Crippen LogP contribution < -0.4 is 5.43 Å². The number of halogens is 1. The van der Waals surface area contributed by atoms with Crippen LogP contribution in [0.2, 0.25) is 0 Å². The standard InChI is InChI=1S/C15H9BrN4O2/c16-11-3-1-2-10(6-11)14-5-4-12(22-14)8-19-20-15-13(7-17)18-9-21-15/h1-6,8-9,20H/b19-8+. The van der Waals surface area contributed by atoms with Crippen LogP contribution in [-0.4, -0.2) is 11.2 Å². The lowest BCUT2D eigenvalue weighted by Crippen LogP contribution is -1.90. The highest BCUT2D eigenvalue weighted by molar-refractivity contribution is 9.10. The number of nitrogens with one attached hydrogen (secondary N) is 1. The first kappa shape index (κ1) is 14.1. The first-order valence-electron chi connectivity index (χ1n) is 6.25. The van der Waals surface area contributed by atoms with Gasteiger partial charge in [0.2, 0.25) is 5.69 Å². The molecular formula is C15H9BrN4O2. The van der Waals surface area contributed by atoms with Gasteiger partial charge in [0.25, 0.3) is 5.88 Å². The Balaban J connectivity index is 1.72. The van der Waals surface area contributed by atoms with Crippen LogP contribution in [0.15, 0.2) is 61.2 Å². The number of furan rings is 1. The molecule has 0 aliphatic rings. The summed E-state index contributed by atoms with van der Waals surface area (Å²) in [5, 5.41) is 12.7. The first-order chi connectivity index (χ1) is 10.8. The number of benzene rings is 1. The van der Waals surface area contributed by atoms with Crippen LogP contribution in [-0.2, 0) is 0 Å². The summed E-state index contributed by atoms with van der Waals surface area (Å²) in [6.45, 7) is 0. The van der Waals surface area contributed by atoms with E-state index in [4.69, 9.17) is 14.1 Å². The Morgan fingerprint density at radius 3 is 3.05 bits per heavy atom. The maximum absolute atomic E-state index is 8.79. The summed E-state index contributed by atoms with van der Waals surface area (Å²) < 4.78 is 11.6. The van der Waals surface area contributed by atoms with Gasteiger partial charge in [-0.05, 0) is 24.3 Å². The van der Waals surface area contributed by atoms with E-state index in [9.17, 15) is 0 Å². The molecular weight excluding hydrogens is 348 g/mol. The average Bonchev–Trinajstić information content (AvgIpc) is 3.16. The lowest BCUT2D eigenvalue weighted by Gasteiger charge is -1.97. The molecule has 0 bridgehead atoms. The number of anilines is 1. The molecule has 1 N–H and O–H groups in total. The second kappa shape index (κ2) is 6.28. The van der Waals surface area contributed by atoms with Crippen molar-refractivity contribution in [3.63, 3.8) is 0 Å². The predicted molar refractivity (Wildman–Crippen MR) is 84.3 cm³/mol. The predicted octanol–water partition coefficient (Wildman–Crippen LogP) is 4.01. The smallest absolute Gasteiger partial charge is 0.251 e. The van der Waals surface area contributed by atoms with Gasteiger partial charge in [-0.3, -0.25) is 0 Å². The van der Waals surface area contributed by atoms with Crippen molar-refractivity contribution in [1.29, 1.82) is 5.26 Å². The summed E-state index contributed by atoms with van der Waals surface area (Å²) in [5.41, 5.74) is 3.71. The number of nitrogens with zero attached hydrogens (tertiary/aromatic N) is 3. The van der Waals surface area contributed by atoms with Crippen molar-refractivity contribution in [2.24, 2.45) is 5.10 Å². The molecule has 1 aromatic carbocycles. The van der Waals surface area contributed by atoms with Gasteiger partial charge in [0.1, 0.15) is 17.6 Å². The monoisotopic (exact) mass is 356 g/mol. The number of nitriles is 1. The summed E-state index contributed by atoms with van der Waals surface area (Å²) in [6, 6.07) is 13.3. The van der Waals surface area contributed by atoms with Crippen molar-refractivity contribution < 1.29 is 8.83 Å². The molecule has 0 aliphatic carbocycles. The Bertz CT molecular complexity index is 860. The number of hydrazone groups is 1. The average molecular weight is 357 g/mol. The number of hydrogen-bond donors (Lipinski definition) is 1. The minimum atomic E-state index is 0.145. The number of hydrogen-bond acceptors (Lipinski definition) is 6. The van der Waals surface area contributed by atoms with Crippen molar-refractivity contribution in [3.05, 3.63) is 58.7 Å². The Morgan fingerprint density at radius 2 is 2.23 bits per heavy atom. The molecule has 0 fully saturated rings. The molecule has 22 heavy (non-hydrogen) atoms. The fourth-order valence-electron chi connectivity index (χ4n) is 1.78. The van der Waals surface area contributed by atoms with E-state index in [1.54, 1.807) is 6.07 Å². The third kappa shape index (κ3) is 3.07. The van der Waals surface area contributed by atoms with E-state index in [0.717, 1.165) is 15.8 Å². The minimum Gasteiger partial charge on any atom is -0.455 e. The molecule has 6 nitrogen and oxygen atoms in total. The van der Waals surface area contributed by atoms with E-state index >= 15 is 0 Å². The topological polar surface area (TPSA) is 87.4 Å². The van der Waals surface area contributed by atoms with Crippen molar-refractivity contribution in [1.82, 2.24) is 4.98 Å². The van der Waals surface area contributed by atoms with Gasteiger partial charge in [0.05, 0.1) is 6.21 Å². The molecule has 0 unspecified atom stereocenters. The van der Waals surface area contributed by atoms with Gasteiger partial charge < -0.3 is 8.83 Å². The maximum Gasteiger partial charge on any atom is 0.251 e. The van der Waals surface area contributed by atoms with Crippen LogP contribution >= 0.6 is 15.9 Å². The minimum absolute atomic E-state index is 0.145. The van der Waals surface area contributed by atoms with Crippen molar-refractivity contribution in [2.45, 2.75) is 0 Å². The molecule has 3 rings (SSSR count). The Kier molecular flexibility index (Phi) is 4.03. The molecule has 7 heteroatoms. The lowest BCUT2D eigenvalue weighted by molar-refractivity contribution is 0.568. The van der Waals surface area contributed by atoms with Crippen LogP contribution in [0.5, 0.6) is 0 Å². The number of aromatic nitrogens is 1. The number of oxazole rings is 1. The van der Waals surface area contributed by atoms with Crippen LogP contribution in [0.4, 0.5) is 5.88 Å². The molecule has 0 amide bonds. The summed E-state index contributed by atoms with van der Waals surface area (Å²) in [7, 11) is 0. The van der Waals surface area contributed by atoms with E-state index in [0.29, 0.717) is 5.76 Å². The summed E-state index contributed by atoms with van der Waals surface area (Å²) >= 11 is 3.42. The molecule has 3 aromatic rings. The van der Waals surface area contributed by atoms with Crippen LogP contribution in [0.25, 0.3) is 11.3 Å². The van der Waals surface area contributed by atoms with Crippen LogP contribution in [0.1, 0.15) is 11.5 Å².